The number of hydrogen-bond donors (Lipinski definition) is 1. The zero-order valence-corrected chi connectivity index (χ0v) is 12.5. The van der Waals surface area contributed by atoms with Gasteiger partial charge < -0.3 is 14.8 Å². The Morgan fingerprint density at radius 1 is 1.40 bits per heavy atom. The highest BCUT2D eigenvalue weighted by Crippen LogP contribution is 2.28. The number of cyclic esters (lactones) is 1. The third-order valence-electron chi connectivity index (χ3n) is 2.88. The number of carbonyl (C=O) groups excluding carboxylic acids is 1. The number of halogens is 1. The molecule has 0 saturated carbocycles. The minimum atomic E-state index is -3.77. The van der Waals surface area contributed by atoms with Crippen LogP contribution in [-0.2, 0) is 13.8 Å². The molecule has 0 spiro atoms. The fourth-order valence-electron chi connectivity index (χ4n) is 1.98. The van der Waals surface area contributed by atoms with E-state index < -0.39 is 15.1 Å². The molecule has 20 heavy (non-hydrogen) atoms. The molecular weight excluding hydrogens is 306 g/mol. The summed E-state index contributed by atoms with van der Waals surface area (Å²) in [6, 6.07) is 2.90. The summed E-state index contributed by atoms with van der Waals surface area (Å²) in [5, 5.41) is 2.53. The van der Waals surface area contributed by atoms with Crippen LogP contribution in [0.5, 0.6) is 5.75 Å². The van der Waals surface area contributed by atoms with Crippen molar-refractivity contribution in [2.24, 2.45) is 0 Å². The minimum absolute atomic E-state index is 0.0375. The van der Waals surface area contributed by atoms with Crippen molar-refractivity contribution >= 4 is 25.8 Å². The topological polar surface area (TPSA) is 81.7 Å². The molecule has 1 amide bonds. The van der Waals surface area contributed by atoms with E-state index >= 15 is 0 Å². The van der Waals surface area contributed by atoms with Gasteiger partial charge >= 0.3 is 6.09 Å². The van der Waals surface area contributed by atoms with Crippen molar-refractivity contribution in [3.8, 4) is 5.75 Å². The molecule has 6 nitrogen and oxygen atoms in total. The molecular formula is C12H14ClNO5S. The second-order valence-electron chi connectivity index (χ2n) is 4.54. The number of hydrogen-bond acceptors (Lipinski definition) is 5. The van der Waals surface area contributed by atoms with E-state index in [2.05, 4.69) is 5.32 Å². The van der Waals surface area contributed by atoms with Gasteiger partial charge in [0.05, 0.1) is 11.4 Å². The Morgan fingerprint density at radius 2 is 2.00 bits per heavy atom. The average molecular weight is 320 g/mol. The lowest BCUT2D eigenvalue weighted by Crippen LogP contribution is -2.22. The highest BCUT2D eigenvalue weighted by Gasteiger charge is 2.23. The van der Waals surface area contributed by atoms with Gasteiger partial charge in [-0.2, -0.15) is 0 Å². The van der Waals surface area contributed by atoms with Crippen LogP contribution in [0.4, 0.5) is 4.79 Å². The van der Waals surface area contributed by atoms with E-state index in [0.29, 0.717) is 23.4 Å². The smallest absolute Gasteiger partial charge is 0.407 e. The van der Waals surface area contributed by atoms with Gasteiger partial charge in [-0.3, -0.25) is 0 Å². The maximum absolute atomic E-state index is 11.3. The zero-order chi connectivity index (χ0) is 14.9. The van der Waals surface area contributed by atoms with Crippen LogP contribution in [-0.4, -0.2) is 33.8 Å². The van der Waals surface area contributed by atoms with Gasteiger partial charge in [-0.25, -0.2) is 13.2 Å². The van der Waals surface area contributed by atoms with Crippen LogP contribution < -0.4 is 10.1 Å². The first-order valence-electron chi connectivity index (χ1n) is 5.90. The molecule has 1 saturated heterocycles. The van der Waals surface area contributed by atoms with Crippen LogP contribution in [0.1, 0.15) is 11.1 Å². The number of carbonyl (C=O) groups is 1. The SMILES string of the molecule is Cc1cc(S(=O)(=O)Cl)cc(C)c1OCC1CNC(=O)O1. The first kappa shape index (κ1) is 14.9. The molecule has 1 atom stereocenters. The van der Waals surface area contributed by atoms with Crippen molar-refractivity contribution in [1.29, 1.82) is 0 Å². The number of rotatable bonds is 4. The molecule has 1 aromatic carbocycles. The maximum Gasteiger partial charge on any atom is 0.407 e. The summed E-state index contributed by atoms with van der Waals surface area (Å²) in [5.74, 6) is 0.567. The second-order valence-corrected chi connectivity index (χ2v) is 7.11. The molecule has 1 N–H and O–H groups in total. The Labute approximate surface area is 121 Å². The molecule has 1 aliphatic rings. The Balaban J connectivity index is 2.14. The summed E-state index contributed by atoms with van der Waals surface area (Å²) in [6.07, 6.45) is -0.812. The largest absolute Gasteiger partial charge is 0.489 e. The Morgan fingerprint density at radius 3 is 2.45 bits per heavy atom. The molecule has 2 rings (SSSR count). The van der Waals surface area contributed by atoms with E-state index in [4.69, 9.17) is 20.2 Å². The fraction of sp³-hybridized carbons (Fsp3) is 0.417. The maximum atomic E-state index is 11.3. The monoisotopic (exact) mass is 319 g/mol. The van der Waals surface area contributed by atoms with Gasteiger partial charge in [-0.15, -0.1) is 0 Å². The third kappa shape index (κ3) is 3.34. The van der Waals surface area contributed by atoms with E-state index in [-0.39, 0.29) is 17.6 Å². The van der Waals surface area contributed by atoms with Gasteiger partial charge in [0.15, 0.2) is 6.10 Å². The fourth-order valence-corrected chi connectivity index (χ4v) is 2.88. The van der Waals surface area contributed by atoms with Gasteiger partial charge in [-0.1, -0.05) is 0 Å². The van der Waals surface area contributed by atoms with Crippen molar-refractivity contribution in [2.75, 3.05) is 13.2 Å². The summed E-state index contributed by atoms with van der Waals surface area (Å²) >= 11 is 0. The van der Waals surface area contributed by atoms with Crippen molar-refractivity contribution in [2.45, 2.75) is 24.8 Å². The number of nitrogens with one attached hydrogen (secondary N) is 1. The van der Waals surface area contributed by atoms with Crippen LogP contribution in [0.25, 0.3) is 0 Å². The van der Waals surface area contributed by atoms with E-state index in [1.54, 1.807) is 13.8 Å². The molecule has 0 bridgehead atoms. The predicted molar refractivity (Wildman–Crippen MR) is 72.7 cm³/mol. The zero-order valence-electron chi connectivity index (χ0n) is 11.0. The minimum Gasteiger partial charge on any atom is -0.489 e. The molecule has 1 fully saturated rings. The average Bonchev–Trinajstić information content (AvgIpc) is 2.72. The van der Waals surface area contributed by atoms with Gasteiger partial charge in [-0.05, 0) is 37.1 Å². The first-order valence-corrected chi connectivity index (χ1v) is 8.21. The first-order chi connectivity index (χ1) is 9.27. The van der Waals surface area contributed by atoms with Gasteiger partial charge in [0, 0.05) is 10.7 Å². The standard InChI is InChI=1S/C12H14ClNO5S/c1-7-3-10(20(13,16)17)4-8(2)11(7)18-6-9-5-14-12(15)19-9/h3-4,9H,5-6H2,1-2H3,(H,14,15). The Kier molecular flexibility index (Phi) is 4.10. The quantitative estimate of drug-likeness (QED) is 0.854. The molecule has 1 aliphatic heterocycles. The summed E-state index contributed by atoms with van der Waals surface area (Å²) in [4.78, 5) is 10.9. The number of amides is 1. The van der Waals surface area contributed by atoms with Crippen molar-refractivity contribution in [3.05, 3.63) is 23.3 Å². The molecule has 110 valence electrons. The highest BCUT2D eigenvalue weighted by molar-refractivity contribution is 8.13. The number of alkyl carbamates (subject to hydrolysis) is 1. The summed E-state index contributed by atoms with van der Waals surface area (Å²) in [5.41, 5.74) is 1.31. The van der Waals surface area contributed by atoms with E-state index in [1.165, 1.54) is 12.1 Å². The normalized spacial score (nSPS) is 18.6. The third-order valence-corrected chi connectivity index (χ3v) is 4.21. The van der Waals surface area contributed by atoms with E-state index in [1.807, 2.05) is 0 Å². The number of ether oxygens (including phenoxy) is 2. The molecule has 1 aromatic rings. The van der Waals surface area contributed by atoms with Crippen molar-refractivity contribution in [1.82, 2.24) is 5.32 Å². The predicted octanol–water partition coefficient (Wildman–Crippen LogP) is 1.72. The summed E-state index contributed by atoms with van der Waals surface area (Å²) in [6.45, 7) is 4.05. The molecule has 1 heterocycles. The van der Waals surface area contributed by atoms with Crippen LogP contribution in [0.3, 0.4) is 0 Å². The van der Waals surface area contributed by atoms with Crippen molar-refractivity contribution in [3.63, 3.8) is 0 Å². The highest BCUT2D eigenvalue weighted by atomic mass is 35.7. The van der Waals surface area contributed by atoms with Crippen LogP contribution in [0.2, 0.25) is 0 Å². The van der Waals surface area contributed by atoms with E-state index in [0.717, 1.165) is 0 Å². The molecule has 1 unspecified atom stereocenters. The summed E-state index contributed by atoms with van der Waals surface area (Å²) in [7, 11) is 1.55. The Hall–Kier alpha value is -1.47. The second kappa shape index (κ2) is 5.49. The van der Waals surface area contributed by atoms with Crippen LogP contribution >= 0.6 is 10.7 Å². The van der Waals surface area contributed by atoms with E-state index in [9.17, 15) is 13.2 Å². The Bertz CT molecular complexity index is 620. The lowest BCUT2D eigenvalue weighted by Gasteiger charge is -2.15. The van der Waals surface area contributed by atoms with Crippen molar-refractivity contribution < 1.29 is 22.7 Å². The summed E-state index contributed by atoms with van der Waals surface area (Å²) < 4.78 is 33.2. The lowest BCUT2D eigenvalue weighted by molar-refractivity contribution is 0.104. The van der Waals surface area contributed by atoms with Gasteiger partial charge in [0.2, 0.25) is 0 Å². The molecule has 0 aliphatic carbocycles. The molecule has 0 aromatic heterocycles. The van der Waals surface area contributed by atoms with Crippen LogP contribution in [0.15, 0.2) is 17.0 Å². The molecule has 8 heteroatoms. The number of benzene rings is 1. The van der Waals surface area contributed by atoms with Gasteiger partial charge in [0.1, 0.15) is 12.4 Å². The number of aryl methyl sites for hydroxylation is 2. The van der Waals surface area contributed by atoms with Gasteiger partial charge in [0.25, 0.3) is 9.05 Å². The van der Waals surface area contributed by atoms with Crippen LogP contribution in [0, 0.1) is 13.8 Å². The molecule has 0 radical (unpaired) electrons. The lowest BCUT2D eigenvalue weighted by atomic mass is 10.1.